The van der Waals surface area contributed by atoms with E-state index in [1.54, 1.807) is 6.20 Å². The number of nitrogens with two attached hydrogens (primary N) is 1. The van der Waals surface area contributed by atoms with E-state index in [0.717, 1.165) is 13.0 Å². The molecule has 1 rings (SSSR count). The first-order chi connectivity index (χ1) is 8.12. The SMILES string of the molecule is CCC(N)(CC)C(=O)NCCCn1cccn1. The molecule has 0 unspecified atom stereocenters. The highest BCUT2D eigenvalue weighted by molar-refractivity contribution is 5.85. The molecular formula is C12H22N4O. The third-order valence-corrected chi connectivity index (χ3v) is 3.12. The number of aryl methyl sites for hydroxylation is 1. The van der Waals surface area contributed by atoms with E-state index in [2.05, 4.69) is 10.4 Å². The largest absolute Gasteiger partial charge is 0.354 e. The molecule has 1 heterocycles. The first-order valence-electron chi connectivity index (χ1n) is 6.17. The van der Waals surface area contributed by atoms with E-state index in [-0.39, 0.29) is 5.91 Å². The second-order valence-electron chi connectivity index (χ2n) is 4.24. The molecule has 5 nitrogen and oxygen atoms in total. The van der Waals surface area contributed by atoms with Gasteiger partial charge in [0.25, 0.3) is 0 Å². The normalized spacial score (nSPS) is 11.5. The third kappa shape index (κ3) is 3.85. The monoisotopic (exact) mass is 238 g/mol. The van der Waals surface area contributed by atoms with Crippen molar-refractivity contribution in [1.82, 2.24) is 15.1 Å². The number of nitrogens with zero attached hydrogens (tertiary/aromatic N) is 2. The Hall–Kier alpha value is -1.36. The number of rotatable bonds is 7. The Labute approximate surface area is 102 Å². The summed E-state index contributed by atoms with van der Waals surface area (Å²) in [4.78, 5) is 11.8. The summed E-state index contributed by atoms with van der Waals surface area (Å²) in [5.41, 5.74) is 5.27. The van der Waals surface area contributed by atoms with Crippen LogP contribution in [0.5, 0.6) is 0 Å². The van der Waals surface area contributed by atoms with Crippen LogP contribution in [0.1, 0.15) is 33.1 Å². The van der Waals surface area contributed by atoms with Gasteiger partial charge >= 0.3 is 0 Å². The van der Waals surface area contributed by atoms with Crippen molar-refractivity contribution in [3.8, 4) is 0 Å². The third-order valence-electron chi connectivity index (χ3n) is 3.12. The molecule has 17 heavy (non-hydrogen) atoms. The zero-order valence-corrected chi connectivity index (χ0v) is 10.6. The van der Waals surface area contributed by atoms with Crippen LogP contribution in [0, 0.1) is 0 Å². The minimum Gasteiger partial charge on any atom is -0.354 e. The molecule has 0 fully saturated rings. The average Bonchev–Trinajstić information content (AvgIpc) is 2.86. The molecule has 5 heteroatoms. The second-order valence-corrected chi connectivity index (χ2v) is 4.24. The molecule has 0 atom stereocenters. The summed E-state index contributed by atoms with van der Waals surface area (Å²) in [6, 6.07) is 1.89. The van der Waals surface area contributed by atoms with E-state index in [0.29, 0.717) is 19.4 Å². The topological polar surface area (TPSA) is 72.9 Å². The maximum Gasteiger partial charge on any atom is 0.240 e. The second kappa shape index (κ2) is 6.39. The number of nitrogens with one attached hydrogen (secondary N) is 1. The lowest BCUT2D eigenvalue weighted by molar-refractivity contribution is -0.126. The van der Waals surface area contributed by atoms with Gasteiger partial charge < -0.3 is 11.1 Å². The zero-order valence-electron chi connectivity index (χ0n) is 10.6. The number of carbonyl (C=O) groups is 1. The molecule has 0 aliphatic heterocycles. The highest BCUT2D eigenvalue weighted by Crippen LogP contribution is 2.10. The molecule has 0 aliphatic carbocycles. The summed E-state index contributed by atoms with van der Waals surface area (Å²) >= 11 is 0. The average molecular weight is 238 g/mol. The fourth-order valence-corrected chi connectivity index (χ4v) is 1.62. The van der Waals surface area contributed by atoms with Crippen LogP contribution in [0.4, 0.5) is 0 Å². The molecule has 0 spiro atoms. The highest BCUT2D eigenvalue weighted by atomic mass is 16.2. The lowest BCUT2D eigenvalue weighted by Crippen LogP contribution is -2.53. The van der Waals surface area contributed by atoms with Gasteiger partial charge in [-0.2, -0.15) is 5.10 Å². The van der Waals surface area contributed by atoms with Gasteiger partial charge in [-0.3, -0.25) is 9.48 Å². The van der Waals surface area contributed by atoms with Crippen molar-refractivity contribution >= 4 is 5.91 Å². The molecule has 0 saturated heterocycles. The van der Waals surface area contributed by atoms with Gasteiger partial charge in [0, 0.05) is 25.5 Å². The van der Waals surface area contributed by atoms with Crippen LogP contribution in [-0.4, -0.2) is 27.8 Å². The maximum atomic E-state index is 11.8. The molecule has 0 radical (unpaired) electrons. The minimum atomic E-state index is -0.717. The summed E-state index contributed by atoms with van der Waals surface area (Å²) in [6.07, 6.45) is 5.84. The van der Waals surface area contributed by atoms with Crippen molar-refractivity contribution in [1.29, 1.82) is 0 Å². The van der Waals surface area contributed by atoms with Gasteiger partial charge in [-0.05, 0) is 25.3 Å². The summed E-state index contributed by atoms with van der Waals surface area (Å²) < 4.78 is 1.85. The number of amides is 1. The summed E-state index contributed by atoms with van der Waals surface area (Å²) in [5, 5.41) is 6.98. The van der Waals surface area contributed by atoms with E-state index in [9.17, 15) is 4.79 Å². The standard InChI is InChI=1S/C12H22N4O/c1-3-12(13,4-2)11(17)14-7-5-9-16-10-6-8-15-16/h6,8,10H,3-5,7,9,13H2,1-2H3,(H,14,17). The Morgan fingerprint density at radius 1 is 1.47 bits per heavy atom. The van der Waals surface area contributed by atoms with Crippen molar-refractivity contribution < 1.29 is 4.79 Å². The van der Waals surface area contributed by atoms with Gasteiger partial charge in [-0.15, -0.1) is 0 Å². The van der Waals surface area contributed by atoms with Crippen LogP contribution in [0.2, 0.25) is 0 Å². The molecule has 0 aliphatic rings. The van der Waals surface area contributed by atoms with Crippen LogP contribution < -0.4 is 11.1 Å². The van der Waals surface area contributed by atoms with E-state index >= 15 is 0 Å². The van der Waals surface area contributed by atoms with Gasteiger partial charge in [-0.1, -0.05) is 13.8 Å². The predicted molar refractivity (Wildman–Crippen MR) is 67.4 cm³/mol. The molecule has 1 aromatic rings. The zero-order chi connectivity index (χ0) is 12.7. The highest BCUT2D eigenvalue weighted by Gasteiger charge is 2.29. The van der Waals surface area contributed by atoms with Crippen LogP contribution >= 0.6 is 0 Å². The first-order valence-corrected chi connectivity index (χ1v) is 6.17. The molecule has 0 saturated carbocycles. The Morgan fingerprint density at radius 2 is 2.18 bits per heavy atom. The summed E-state index contributed by atoms with van der Waals surface area (Å²) in [6.45, 7) is 5.32. The fourth-order valence-electron chi connectivity index (χ4n) is 1.62. The predicted octanol–water partition coefficient (Wildman–Crippen LogP) is 0.907. The lowest BCUT2D eigenvalue weighted by atomic mass is 9.93. The number of hydrogen-bond acceptors (Lipinski definition) is 3. The van der Waals surface area contributed by atoms with E-state index in [4.69, 9.17) is 5.73 Å². The molecule has 3 N–H and O–H groups in total. The van der Waals surface area contributed by atoms with Crippen LogP contribution in [0.3, 0.4) is 0 Å². The van der Waals surface area contributed by atoms with E-state index in [1.165, 1.54) is 0 Å². The molecular weight excluding hydrogens is 216 g/mol. The Balaban J connectivity index is 2.24. The van der Waals surface area contributed by atoms with Crippen LogP contribution in [-0.2, 0) is 11.3 Å². The van der Waals surface area contributed by atoms with Crippen LogP contribution in [0.15, 0.2) is 18.5 Å². The van der Waals surface area contributed by atoms with Crippen molar-refractivity contribution in [2.45, 2.75) is 45.2 Å². The quantitative estimate of drug-likeness (QED) is 0.693. The molecule has 1 aromatic heterocycles. The molecule has 96 valence electrons. The Morgan fingerprint density at radius 3 is 2.71 bits per heavy atom. The smallest absolute Gasteiger partial charge is 0.240 e. The van der Waals surface area contributed by atoms with E-state index < -0.39 is 5.54 Å². The van der Waals surface area contributed by atoms with Gasteiger partial charge in [-0.25, -0.2) is 0 Å². The molecule has 0 aromatic carbocycles. The van der Waals surface area contributed by atoms with Crippen molar-refractivity contribution in [2.24, 2.45) is 5.73 Å². The van der Waals surface area contributed by atoms with Gasteiger partial charge in [0.15, 0.2) is 0 Å². The first kappa shape index (κ1) is 13.7. The lowest BCUT2D eigenvalue weighted by Gasteiger charge is -2.25. The van der Waals surface area contributed by atoms with Gasteiger partial charge in [0.1, 0.15) is 0 Å². The van der Waals surface area contributed by atoms with E-state index in [1.807, 2.05) is 30.8 Å². The minimum absolute atomic E-state index is 0.0528. The van der Waals surface area contributed by atoms with Crippen LogP contribution in [0.25, 0.3) is 0 Å². The fraction of sp³-hybridized carbons (Fsp3) is 0.667. The van der Waals surface area contributed by atoms with Gasteiger partial charge in [0.2, 0.25) is 5.91 Å². The molecule has 0 bridgehead atoms. The number of carbonyl (C=O) groups excluding carboxylic acids is 1. The summed E-state index contributed by atoms with van der Waals surface area (Å²) in [5.74, 6) is -0.0528. The maximum absolute atomic E-state index is 11.8. The Bertz CT molecular complexity index is 330. The van der Waals surface area contributed by atoms with Crippen molar-refractivity contribution in [3.05, 3.63) is 18.5 Å². The number of hydrogen-bond donors (Lipinski definition) is 2. The van der Waals surface area contributed by atoms with Gasteiger partial charge in [0.05, 0.1) is 5.54 Å². The summed E-state index contributed by atoms with van der Waals surface area (Å²) in [7, 11) is 0. The molecule has 1 amide bonds. The Kier molecular flexibility index (Phi) is 5.15. The van der Waals surface area contributed by atoms with Crippen molar-refractivity contribution in [3.63, 3.8) is 0 Å². The number of aromatic nitrogens is 2. The van der Waals surface area contributed by atoms with Crippen molar-refractivity contribution in [2.75, 3.05) is 6.54 Å².